The lowest BCUT2D eigenvalue weighted by Gasteiger charge is -2.17. The normalized spacial score (nSPS) is 12.0. The molecular formula is C30H32N4O4. The second-order valence-electron chi connectivity index (χ2n) is 9.33. The third-order valence-electron chi connectivity index (χ3n) is 5.77. The Balaban J connectivity index is 1.37. The molecule has 0 fully saturated rings. The van der Waals surface area contributed by atoms with Crippen LogP contribution in [0.1, 0.15) is 30.5 Å². The minimum Gasteiger partial charge on any atom is -0.489 e. The minimum atomic E-state index is -0.875. The molecule has 4 rings (SSSR count). The van der Waals surface area contributed by atoms with Crippen molar-refractivity contribution in [1.82, 2.24) is 15.7 Å². The second kappa shape index (κ2) is 13.1. The number of fused-ring (bicyclic) bond motifs is 1. The van der Waals surface area contributed by atoms with Crippen molar-refractivity contribution < 1.29 is 19.1 Å². The molecule has 0 bridgehead atoms. The van der Waals surface area contributed by atoms with Crippen LogP contribution in [0.2, 0.25) is 0 Å². The number of rotatable bonds is 11. The van der Waals surface area contributed by atoms with Gasteiger partial charge in [-0.05, 0) is 52.9 Å². The van der Waals surface area contributed by atoms with Gasteiger partial charge in [-0.2, -0.15) is 5.10 Å². The molecule has 3 aromatic carbocycles. The van der Waals surface area contributed by atoms with Gasteiger partial charge in [-0.1, -0.05) is 62.4 Å². The molecule has 8 nitrogen and oxygen atoms in total. The highest BCUT2D eigenvalue weighted by atomic mass is 16.5. The van der Waals surface area contributed by atoms with Crippen LogP contribution in [0, 0.1) is 5.92 Å². The number of hydrogen-bond donors (Lipinski definition) is 3. The Morgan fingerprint density at radius 2 is 1.71 bits per heavy atom. The van der Waals surface area contributed by atoms with Gasteiger partial charge in [-0.15, -0.1) is 0 Å². The van der Waals surface area contributed by atoms with Crippen LogP contribution in [0.15, 0.2) is 90.2 Å². The van der Waals surface area contributed by atoms with Crippen LogP contribution in [-0.2, 0) is 22.6 Å². The number of nitrogens with zero attached hydrogens (tertiary/aromatic N) is 1. The summed E-state index contributed by atoms with van der Waals surface area (Å²) in [6, 6.07) is 24.2. The first-order valence-corrected chi connectivity index (χ1v) is 12.6. The fourth-order valence-electron chi connectivity index (χ4n) is 3.80. The van der Waals surface area contributed by atoms with Gasteiger partial charge >= 0.3 is 6.09 Å². The fourth-order valence-corrected chi connectivity index (χ4v) is 3.80. The van der Waals surface area contributed by atoms with E-state index >= 15 is 0 Å². The van der Waals surface area contributed by atoms with Crippen LogP contribution in [0.25, 0.3) is 10.9 Å². The molecule has 1 atom stereocenters. The van der Waals surface area contributed by atoms with Crippen molar-refractivity contribution in [3.8, 4) is 5.75 Å². The zero-order valence-corrected chi connectivity index (χ0v) is 21.5. The molecule has 0 saturated heterocycles. The van der Waals surface area contributed by atoms with Gasteiger partial charge < -0.3 is 19.8 Å². The largest absolute Gasteiger partial charge is 0.489 e. The van der Waals surface area contributed by atoms with E-state index in [2.05, 4.69) is 20.8 Å². The summed E-state index contributed by atoms with van der Waals surface area (Å²) in [5.74, 6) is 0.468. The zero-order chi connectivity index (χ0) is 26.7. The second-order valence-corrected chi connectivity index (χ2v) is 9.33. The quantitative estimate of drug-likeness (QED) is 0.190. The first-order valence-electron chi connectivity index (χ1n) is 12.6. The maximum absolute atomic E-state index is 13.0. The Kier molecular flexibility index (Phi) is 9.12. The first kappa shape index (κ1) is 26.5. The van der Waals surface area contributed by atoms with Gasteiger partial charge in [0.05, 0.1) is 12.8 Å². The fraction of sp³-hybridized carbons (Fsp3) is 0.233. The molecule has 196 valence electrons. The average molecular weight is 513 g/mol. The number of nitrogens with one attached hydrogen (secondary N) is 3. The van der Waals surface area contributed by atoms with E-state index in [1.807, 2.05) is 98.9 Å². The number of H-pyrrole nitrogens is 1. The van der Waals surface area contributed by atoms with Gasteiger partial charge in [0.2, 0.25) is 0 Å². The highest BCUT2D eigenvalue weighted by Crippen LogP contribution is 2.19. The maximum atomic E-state index is 13.0. The van der Waals surface area contributed by atoms with Crippen LogP contribution in [-0.4, -0.2) is 35.8 Å². The molecule has 0 saturated carbocycles. The van der Waals surface area contributed by atoms with Crippen LogP contribution in [0.4, 0.5) is 4.79 Å². The van der Waals surface area contributed by atoms with Crippen LogP contribution >= 0.6 is 0 Å². The van der Waals surface area contributed by atoms with E-state index in [0.717, 1.165) is 33.3 Å². The molecule has 0 spiro atoms. The molecule has 1 heterocycles. The van der Waals surface area contributed by atoms with E-state index in [-0.39, 0.29) is 18.9 Å². The number of carbonyl (C=O) groups excluding carboxylic acids is 2. The lowest BCUT2D eigenvalue weighted by Crippen LogP contribution is -2.47. The molecule has 38 heavy (non-hydrogen) atoms. The van der Waals surface area contributed by atoms with Crippen molar-refractivity contribution in [2.75, 3.05) is 6.61 Å². The lowest BCUT2D eigenvalue weighted by atomic mass is 10.0. The maximum Gasteiger partial charge on any atom is 0.407 e. The molecule has 2 amide bonds. The van der Waals surface area contributed by atoms with E-state index < -0.39 is 18.0 Å². The van der Waals surface area contributed by atoms with Crippen LogP contribution in [0.5, 0.6) is 5.75 Å². The highest BCUT2D eigenvalue weighted by Gasteiger charge is 2.23. The van der Waals surface area contributed by atoms with Gasteiger partial charge in [0.1, 0.15) is 18.4 Å². The average Bonchev–Trinajstić information content (AvgIpc) is 3.34. The van der Waals surface area contributed by atoms with Gasteiger partial charge in [0.15, 0.2) is 0 Å². The first-order chi connectivity index (χ1) is 18.5. The van der Waals surface area contributed by atoms with Crippen molar-refractivity contribution in [3.05, 3.63) is 102 Å². The Morgan fingerprint density at radius 3 is 2.47 bits per heavy atom. The standard InChI is InChI=1S/C30H32N4O4/c1-21(2)19-38-30(36)33-28(16-24-18-31-27-11-7-6-10-26(24)27)29(35)34-32-17-22-12-14-25(15-13-22)37-20-23-8-4-3-5-9-23/h3-15,17-18,21,28,31H,16,19-20H2,1-2H3,(H,33,36)(H,34,35)/b32-17-/t28-/m1/s1. The summed E-state index contributed by atoms with van der Waals surface area (Å²) in [7, 11) is 0. The molecule has 0 aliphatic carbocycles. The number of para-hydroxylation sites is 1. The van der Waals surface area contributed by atoms with Crippen molar-refractivity contribution in [1.29, 1.82) is 0 Å². The third kappa shape index (κ3) is 7.70. The monoisotopic (exact) mass is 512 g/mol. The lowest BCUT2D eigenvalue weighted by molar-refractivity contribution is -0.123. The number of aromatic nitrogens is 1. The van der Waals surface area contributed by atoms with Crippen molar-refractivity contribution in [2.24, 2.45) is 11.0 Å². The number of hydrogen-bond acceptors (Lipinski definition) is 5. The number of benzene rings is 3. The Morgan fingerprint density at radius 1 is 0.974 bits per heavy atom. The van der Waals surface area contributed by atoms with Gasteiger partial charge in [0, 0.05) is 23.5 Å². The van der Waals surface area contributed by atoms with Crippen molar-refractivity contribution in [2.45, 2.75) is 32.9 Å². The summed E-state index contributed by atoms with van der Waals surface area (Å²) in [4.78, 5) is 28.6. The zero-order valence-electron chi connectivity index (χ0n) is 21.5. The number of carbonyl (C=O) groups is 2. The highest BCUT2D eigenvalue weighted by molar-refractivity contribution is 5.89. The van der Waals surface area contributed by atoms with Gasteiger partial charge in [0.25, 0.3) is 5.91 Å². The molecule has 0 radical (unpaired) electrons. The Labute approximate surface area is 222 Å². The van der Waals surface area contributed by atoms with Gasteiger partial charge in [-0.25, -0.2) is 10.2 Å². The van der Waals surface area contributed by atoms with Crippen molar-refractivity contribution >= 4 is 29.1 Å². The SMILES string of the molecule is CC(C)COC(=O)N[C@H](Cc1c[nH]c2ccccc12)C(=O)N/N=C\c1ccc(OCc2ccccc2)cc1. The number of amides is 2. The van der Waals surface area contributed by atoms with E-state index in [9.17, 15) is 9.59 Å². The van der Waals surface area contributed by atoms with E-state index in [4.69, 9.17) is 9.47 Å². The summed E-state index contributed by atoms with van der Waals surface area (Å²) in [6.07, 6.45) is 3.01. The third-order valence-corrected chi connectivity index (χ3v) is 5.77. The van der Waals surface area contributed by atoms with Crippen LogP contribution in [0.3, 0.4) is 0 Å². The summed E-state index contributed by atoms with van der Waals surface area (Å²) < 4.78 is 11.0. The topological polar surface area (TPSA) is 105 Å². The van der Waals surface area contributed by atoms with Gasteiger partial charge in [-0.3, -0.25) is 4.79 Å². The van der Waals surface area contributed by atoms with E-state index in [0.29, 0.717) is 6.61 Å². The summed E-state index contributed by atoms with van der Waals surface area (Å²) in [5.41, 5.74) is 6.28. The number of hydrazone groups is 1. The predicted molar refractivity (Wildman–Crippen MR) is 148 cm³/mol. The van der Waals surface area contributed by atoms with E-state index in [1.54, 1.807) is 6.21 Å². The smallest absolute Gasteiger partial charge is 0.407 e. The van der Waals surface area contributed by atoms with Crippen LogP contribution < -0.4 is 15.5 Å². The summed E-state index contributed by atoms with van der Waals surface area (Å²) in [5, 5.41) is 7.76. The Hall–Kier alpha value is -4.59. The molecule has 4 aromatic rings. The molecule has 0 aliphatic heterocycles. The number of alkyl carbamates (subject to hydrolysis) is 1. The summed E-state index contributed by atoms with van der Waals surface area (Å²) in [6.45, 7) is 4.63. The molecule has 0 aliphatic rings. The number of ether oxygens (including phenoxy) is 2. The molecular weight excluding hydrogens is 480 g/mol. The van der Waals surface area contributed by atoms with E-state index in [1.165, 1.54) is 0 Å². The predicted octanol–water partition coefficient (Wildman–Crippen LogP) is 5.19. The molecule has 3 N–H and O–H groups in total. The molecule has 0 unspecified atom stereocenters. The Bertz CT molecular complexity index is 1360. The summed E-state index contributed by atoms with van der Waals surface area (Å²) >= 11 is 0. The minimum absolute atomic E-state index is 0.182. The number of aromatic amines is 1. The van der Waals surface area contributed by atoms with Crippen molar-refractivity contribution in [3.63, 3.8) is 0 Å². The molecule has 1 aromatic heterocycles. The molecule has 8 heteroatoms.